The van der Waals surface area contributed by atoms with Gasteiger partial charge in [0.05, 0.1) is 29.4 Å². The molecule has 0 bridgehead atoms. The van der Waals surface area contributed by atoms with Crippen LogP contribution in [0.25, 0.3) is 10.2 Å². The summed E-state index contributed by atoms with van der Waals surface area (Å²) in [6.07, 6.45) is 1.26. The van der Waals surface area contributed by atoms with Crippen LogP contribution in [-0.2, 0) is 11.3 Å². The van der Waals surface area contributed by atoms with Crippen LogP contribution in [0.5, 0.6) is 5.75 Å². The molecule has 0 aliphatic heterocycles. The third kappa shape index (κ3) is 3.16. The second-order valence-corrected chi connectivity index (χ2v) is 6.53. The highest BCUT2D eigenvalue weighted by Gasteiger charge is 2.20. The molecule has 0 aliphatic rings. The van der Waals surface area contributed by atoms with Crippen molar-refractivity contribution in [3.63, 3.8) is 0 Å². The maximum Gasteiger partial charge on any atom is 0.266 e. The average molecular weight is 372 g/mol. The summed E-state index contributed by atoms with van der Waals surface area (Å²) in [6, 6.07) is 7.03. The molecule has 0 radical (unpaired) electrons. The number of hydrogen-bond acceptors (Lipinski definition) is 6. The fourth-order valence-electron chi connectivity index (χ4n) is 2.58. The molecule has 0 unspecified atom stereocenters. The van der Waals surface area contributed by atoms with Crippen molar-refractivity contribution in [1.82, 2.24) is 9.55 Å². The number of hydrogen-bond donors (Lipinski definition) is 2. The average Bonchev–Trinajstić information content (AvgIpc) is 2.95. The third-order valence-corrected chi connectivity index (χ3v) is 5.00. The molecule has 3 N–H and O–H groups in total. The van der Waals surface area contributed by atoms with E-state index in [0.29, 0.717) is 32.1 Å². The van der Waals surface area contributed by atoms with E-state index in [1.807, 2.05) is 0 Å². The van der Waals surface area contributed by atoms with Crippen molar-refractivity contribution < 1.29 is 14.3 Å². The summed E-state index contributed by atoms with van der Waals surface area (Å²) < 4.78 is 6.35. The second-order valence-electron chi connectivity index (χ2n) is 5.53. The molecule has 0 fully saturated rings. The number of anilines is 1. The monoisotopic (exact) mass is 372 g/mol. The Morgan fingerprint density at radius 2 is 2.08 bits per heavy atom. The van der Waals surface area contributed by atoms with Crippen LogP contribution in [0, 0.1) is 6.92 Å². The first-order chi connectivity index (χ1) is 12.4. The number of carbonyl (C=O) groups excluding carboxylic acids is 2. The number of primary amides is 1. The van der Waals surface area contributed by atoms with Gasteiger partial charge in [-0.05, 0) is 24.6 Å². The van der Waals surface area contributed by atoms with Crippen LogP contribution in [0.4, 0.5) is 5.69 Å². The van der Waals surface area contributed by atoms with E-state index in [-0.39, 0.29) is 12.5 Å². The highest BCUT2D eigenvalue weighted by molar-refractivity contribution is 7.20. The van der Waals surface area contributed by atoms with Gasteiger partial charge in [-0.2, -0.15) is 0 Å². The standard InChI is InChI=1S/C17H16N4O4S/c1-9-13-16(19-8-21(17(13)24)7-12(18)22)26-14(9)15(23)20-10-5-3-4-6-11(10)25-2/h3-6,8H,7H2,1-2H3,(H2,18,22)(H,20,23). The van der Waals surface area contributed by atoms with Gasteiger partial charge in [0.15, 0.2) is 0 Å². The van der Waals surface area contributed by atoms with Gasteiger partial charge in [0.2, 0.25) is 5.91 Å². The molecule has 0 aliphatic carbocycles. The van der Waals surface area contributed by atoms with Crippen molar-refractivity contribution in [3.8, 4) is 5.75 Å². The molecule has 3 rings (SSSR count). The van der Waals surface area contributed by atoms with Gasteiger partial charge in [-0.1, -0.05) is 12.1 Å². The lowest BCUT2D eigenvalue weighted by Gasteiger charge is -2.09. The number of benzene rings is 1. The number of nitrogens with two attached hydrogens (primary N) is 1. The summed E-state index contributed by atoms with van der Waals surface area (Å²) in [7, 11) is 1.51. The smallest absolute Gasteiger partial charge is 0.266 e. The van der Waals surface area contributed by atoms with Crippen molar-refractivity contribution in [1.29, 1.82) is 0 Å². The van der Waals surface area contributed by atoms with E-state index in [9.17, 15) is 14.4 Å². The third-order valence-electron chi connectivity index (χ3n) is 3.80. The van der Waals surface area contributed by atoms with Crippen LogP contribution in [0.2, 0.25) is 0 Å². The van der Waals surface area contributed by atoms with Crippen molar-refractivity contribution in [2.45, 2.75) is 13.5 Å². The lowest BCUT2D eigenvalue weighted by atomic mass is 10.2. The number of fused-ring (bicyclic) bond motifs is 1. The number of para-hydroxylation sites is 2. The quantitative estimate of drug-likeness (QED) is 0.704. The molecular weight excluding hydrogens is 356 g/mol. The number of amides is 2. The topological polar surface area (TPSA) is 116 Å². The van der Waals surface area contributed by atoms with Gasteiger partial charge < -0.3 is 15.8 Å². The van der Waals surface area contributed by atoms with Crippen LogP contribution in [-0.4, -0.2) is 28.5 Å². The minimum absolute atomic E-state index is 0.264. The number of ether oxygens (including phenoxy) is 1. The summed E-state index contributed by atoms with van der Waals surface area (Å²) in [4.78, 5) is 41.3. The molecule has 2 aromatic heterocycles. The number of aryl methyl sites for hydroxylation is 1. The maximum atomic E-state index is 12.7. The van der Waals surface area contributed by atoms with Crippen LogP contribution < -0.4 is 21.3 Å². The van der Waals surface area contributed by atoms with Gasteiger partial charge in [-0.3, -0.25) is 19.0 Å². The predicted molar refractivity (Wildman–Crippen MR) is 98.8 cm³/mol. The van der Waals surface area contributed by atoms with E-state index < -0.39 is 11.5 Å². The highest BCUT2D eigenvalue weighted by atomic mass is 32.1. The molecule has 8 nitrogen and oxygen atoms in total. The number of rotatable bonds is 5. The Hall–Kier alpha value is -3.20. The number of carbonyl (C=O) groups is 2. The van der Waals surface area contributed by atoms with Gasteiger partial charge in [-0.25, -0.2) is 4.98 Å². The zero-order valence-electron chi connectivity index (χ0n) is 14.1. The first-order valence-electron chi connectivity index (χ1n) is 7.63. The number of aromatic nitrogens is 2. The first-order valence-corrected chi connectivity index (χ1v) is 8.45. The van der Waals surface area contributed by atoms with Gasteiger partial charge >= 0.3 is 0 Å². The van der Waals surface area contributed by atoms with E-state index in [1.165, 1.54) is 13.4 Å². The number of thiophene rings is 1. The molecule has 0 atom stereocenters. The Kier molecular flexibility index (Phi) is 4.72. The largest absolute Gasteiger partial charge is 0.495 e. The molecule has 1 aromatic carbocycles. The van der Waals surface area contributed by atoms with Crippen LogP contribution in [0.3, 0.4) is 0 Å². The van der Waals surface area contributed by atoms with Crippen LogP contribution in [0.1, 0.15) is 15.2 Å². The van der Waals surface area contributed by atoms with E-state index in [2.05, 4.69) is 10.3 Å². The lowest BCUT2D eigenvalue weighted by Crippen LogP contribution is -2.28. The van der Waals surface area contributed by atoms with E-state index in [0.717, 1.165) is 15.9 Å². The summed E-state index contributed by atoms with van der Waals surface area (Å²) >= 11 is 1.11. The molecular formula is C17H16N4O4S. The normalized spacial score (nSPS) is 10.7. The Bertz CT molecular complexity index is 1070. The zero-order valence-corrected chi connectivity index (χ0v) is 14.9. The maximum absolute atomic E-state index is 12.7. The summed E-state index contributed by atoms with van der Waals surface area (Å²) in [5, 5.41) is 3.09. The predicted octanol–water partition coefficient (Wildman–Crippen LogP) is 1.51. The Labute approximate surface area is 152 Å². The Morgan fingerprint density at radius 1 is 1.35 bits per heavy atom. The fraction of sp³-hybridized carbons (Fsp3) is 0.176. The molecule has 0 saturated heterocycles. The number of nitrogens with one attached hydrogen (secondary N) is 1. The van der Waals surface area contributed by atoms with E-state index >= 15 is 0 Å². The van der Waals surface area contributed by atoms with Crippen molar-refractivity contribution >= 4 is 39.1 Å². The minimum atomic E-state index is -0.643. The van der Waals surface area contributed by atoms with Gasteiger partial charge in [0.1, 0.15) is 17.1 Å². The summed E-state index contributed by atoms with van der Waals surface area (Å²) in [5.41, 5.74) is 5.77. The highest BCUT2D eigenvalue weighted by Crippen LogP contribution is 2.29. The molecule has 3 aromatic rings. The van der Waals surface area contributed by atoms with Gasteiger partial charge in [0.25, 0.3) is 11.5 Å². The Balaban J connectivity index is 2.01. The first kappa shape index (κ1) is 17.6. The summed E-state index contributed by atoms with van der Waals surface area (Å²) in [6.45, 7) is 1.41. The van der Waals surface area contributed by atoms with E-state index in [4.69, 9.17) is 10.5 Å². The van der Waals surface area contributed by atoms with Crippen molar-refractivity contribution in [3.05, 3.63) is 51.4 Å². The van der Waals surface area contributed by atoms with Crippen LogP contribution >= 0.6 is 11.3 Å². The molecule has 2 heterocycles. The van der Waals surface area contributed by atoms with Gasteiger partial charge in [0, 0.05) is 0 Å². The molecule has 26 heavy (non-hydrogen) atoms. The fourth-order valence-corrected chi connectivity index (χ4v) is 3.62. The minimum Gasteiger partial charge on any atom is -0.495 e. The SMILES string of the molecule is COc1ccccc1NC(=O)c1sc2ncn(CC(N)=O)c(=O)c2c1C. The summed E-state index contributed by atoms with van der Waals surface area (Å²) in [5.74, 6) is -0.479. The molecule has 9 heteroatoms. The molecule has 2 amide bonds. The number of nitrogens with zero attached hydrogens (tertiary/aromatic N) is 2. The van der Waals surface area contributed by atoms with Crippen molar-refractivity contribution in [2.75, 3.05) is 12.4 Å². The molecule has 0 saturated carbocycles. The van der Waals surface area contributed by atoms with Crippen LogP contribution in [0.15, 0.2) is 35.4 Å². The van der Waals surface area contributed by atoms with Gasteiger partial charge in [-0.15, -0.1) is 11.3 Å². The van der Waals surface area contributed by atoms with Crippen molar-refractivity contribution in [2.24, 2.45) is 5.73 Å². The molecule has 134 valence electrons. The Morgan fingerprint density at radius 3 is 2.77 bits per heavy atom. The zero-order chi connectivity index (χ0) is 18.8. The lowest BCUT2D eigenvalue weighted by molar-refractivity contribution is -0.118. The van der Waals surface area contributed by atoms with E-state index in [1.54, 1.807) is 31.2 Å². The molecule has 0 spiro atoms. The number of methoxy groups -OCH3 is 1. The second kappa shape index (κ2) is 6.96.